The Morgan fingerprint density at radius 1 is 1.32 bits per heavy atom. The summed E-state index contributed by atoms with van der Waals surface area (Å²) in [5, 5.41) is 13.8. The van der Waals surface area contributed by atoms with Gasteiger partial charge < -0.3 is 24.9 Å². The first-order chi connectivity index (χ1) is 18.5. The van der Waals surface area contributed by atoms with Gasteiger partial charge >= 0.3 is 0 Å². The van der Waals surface area contributed by atoms with Gasteiger partial charge in [-0.15, -0.1) is 0 Å². The number of anilines is 1. The van der Waals surface area contributed by atoms with Crippen molar-refractivity contribution in [2.75, 3.05) is 18.6 Å². The highest BCUT2D eigenvalue weighted by Gasteiger charge is 2.25. The maximum absolute atomic E-state index is 14.9. The summed E-state index contributed by atoms with van der Waals surface area (Å²) < 4.78 is 36.8. The molecule has 1 saturated carbocycles. The van der Waals surface area contributed by atoms with E-state index in [2.05, 4.69) is 47.5 Å². The molecule has 3 heterocycles. The van der Waals surface area contributed by atoms with Crippen LogP contribution in [0.4, 0.5) is 14.6 Å². The van der Waals surface area contributed by atoms with Crippen LogP contribution in [-0.4, -0.2) is 50.6 Å². The van der Waals surface area contributed by atoms with E-state index in [0.29, 0.717) is 35.6 Å². The molecule has 0 atom stereocenters. The number of amidine groups is 1. The molecule has 1 aliphatic rings. The molecule has 198 valence electrons. The Morgan fingerprint density at radius 3 is 2.95 bits per heavy atom. The van der Waals surface area contributed by atoms with Crippen molar-refractivity contribution in [3.8, 4) is 5.75 Å². The van der Waals surface area contributed by atoms with E-state index in [1.807, 2.05) is 16.8 Å². The highest BCUT2D eigenvalue weighted by atomic mass is 19.1. The van der Waals surface area contributed by atoms with Crippen molar-refractivity contribution >= 4 is 29.3 Å². The number of nitrogens with zero attached hydrogens (tertiary/aromatic N) is 5. The van der Waals surface area contributed by atoms with Gasteiger partial charge in [0.2, 0.25) is 0 Å². The molecule has 0 bridgehead atoms. The van der Waals surface area contributed by atoms with Crippen LogP contribution in [0, 0.1) is 18.6 Å². The van der Waals surface area contributed by atoms with Gasteiger partial charge in [0, 0.05) is 66.4 Å². The van der Waals surface area contributed by atoms with Crippen molar-refractivity contribution in [3.05, 3.63) is 71.8 Å². The van der Waals surface area contributed by atoms with Gasteiger partial charge in [0.1, 0.15) is 11.7 Å². The van der Waals surface area contributed by atoms with Gasteiger partial charge in [-0.2, -0.15) is 5.10 Å². The Kier molecular flexibility index (Phi) is 7.47. The summed E-state index contributed by atoms with van der Waals surface area (Å²) in [4.78, 5) is 15.3. The summed E-state index contributed by atoms with van der Waals surface area (Å²) in [6.07, 6.45) is 10.1. The summed E-state index contributed by atoms with van der Waals surface area (Å²) >= 11 is 0. The quantitative estimate of drug-likeness (QED) is 0.123. The molecule has 0 spiro atoms. The number of nitrogens with one attached hydrogen (secondary N) is 4. The zero-order valence-corrected chi connectivity index (χ0v) is 21.0. The van der Waals surface area contributed by atoms with Crippen molar-refractivity contribution in [1.82, 2.24) is 30.0 Å². The number of fused-ring (bicyclic) bond motifs is 1. The number of aryl methyl sites for hydroxylation is 2. The lowest BCUT2D eigenvalue weighted by molar-refractivity contribution is 0.313. The van der Waals surface area contributed by atoms with Crippen molar-refractivity contribution in [1.29, 1.82) is 0 Å². The van der Waals surface area contributed by atoms with Crippen LogP contribution in [0.1, 0.15) is 36.6 Å². The average Bonchev–Trinajstić information content (AvgIpc) is 3.26. The standard InChI is InChI=1S/C26H29F2N9O/c1-16-10-18-25(28)21(11-19(27)26(18)33-16)38-15-32-23(31-6-3-8-37-9-7-30-14-37)13-22(29-2)34-24-12-20(35-36-24)17-4-5-17/h7,9-14,17,33H,2-6,8,15H2,1H3,(H,31,32)(H2,34,35,36)/b22-13+. The first kappa shape index (κ1) is 25.2. The maximum Gasteiger partial charge on any atom is 0.181 e. The molecule has 10 nitrogen and oxygen atoms in total. The smallest absolute Gasteiger partial charge is 0.181 e. The van der Waals surface area contributed by atoms with Gasteiger partial charge in [0.15, 0.2) is 29.9 Å². The monoisotopic (exact) mass is 521 g/mol. The number of aromatic amines is 2. The molecule has 1 aliphatic carbocycles. The molecular weight excluding hydrogens is 492 g/mol. The van der Waals surface area contributed by atoms with Gasteiger partial charge in [-0.25, -0.2) is 23.7 Å². The van der Waals surface area contributed by atoms with E-state index >= 15 is 0 Å². The van der Waals surface area contributed by atoms with Gasteiger partial charge in [-0.1, -0.05) is 0 Å². The summed E-state index contributed by atoms with van der Waals surface area (Å²) in [6, 6.07) is 4.51. The fourth-order valence-electron chi connectivity index (χ4n) is 4.05. The lowest BCUT2D eigenvalue weighted by Crippen LogP contribution is -2.25. The van der Waals surface area contributed by atoms with Crippen LogP contribution in [0.5, 0.6) is 5.75 Å². The van der Waals surface area contributed by atoms with Gasteiger partial charge in [0.05, 0.1) is 11.8 Å². The number of rotatable bonds is 12. The van der Waals surface area contributed by atoms with Crippen molar-refractivity contribution in [2.45, 2.75) is 38.6 Å². The van der Waals surface area contributed by atoms with Crippen LogP contribution in [0.15, 0.2) is 58.8 Å². The summed E-state index contributed by atoms with van der Waals surface area (Å²) in [7, 11) is 0. The van der Waals surface area contributed by atoms with Crippen LogP contribution < -0.4 is 15.4 Å². The SMILES string of the molecule is C=N/C(=C\C(=N/COc1cc(F)c2[nH]c(C)cc2c1F)NCCCn1ccnc1)Nc1cc(C2CC2)[nH]n1. The lowest BCUT2D eigenvalue weighted by Gasteiger charge is -2.11. The third-order valence-electron chi connectivity index (χ3n) is 6.13. The van der Waals surface area contributed by atoms with Crippen molar-refractivity contribution in [3.63, 3.8) is 0 Å². The van der Waals surface area contributed by atoms with Gasteiger partial charge in [-0.3, -0.25) is 5.10 Å². The van der Waals surface area contributed by atoms with E-state index < -0.39 is 11.6 Å². The zero-order valence-electron chi connectivity index (χ0n) is 21.0. The molecule has 4 N–H and O–H groups in total. The van der Waals surface area contributed by atoms with Crippen LogP contribution >= 0.6 is 0 Å². The first-order valence-electron chi connectivity index (χ1n) is 12.3. The largest absolute Gasteiger partial charge is 0.468 e. The number of hydrogen-bond acceptors (Lipinski definition) is 6. The molecule has 0 unspecified atom stereocenters. The molecular formula is C26H29F2N9O. The van der Waals surface area contributed by atoms with Crippen molar-refractivity contribution in [2.24, 2.45) is 9.98 Å². The second-order valence-electron chi connectivity index (χ2n) is 9.10. The molecule has 0 aliphatic heterocycles. The number of benzene rings is 1. The van der Waals surface area contributed by atoms with E-state index in [0.717, 1.165) is 37.6 Å². The first-order valence-corrected chi connectivity index (χ1v) is 12.3. The predicted molar refractivity (Wildman–Crippen MR) is 143 cm³/mol. The Balaban J connectivity index is 1.29. The summed E-state index contributed by atoms with van der Waals surface area (Å²) in [6.45, 7) is 6.48. The van der Waals surface area contributed by atoms with E-state index in [1.54, 1.807) is 25.5 Å². The zero-order chi connectivity index (χ0) is 26.5. The number of hydrogen-bond donors (Lipinski definition) is 4. The highest BCUT2D eigenvalue weighted by molar-refractivity contribution is 5.94. The van der Waals surface area contributed by atoms with E-state index in [-0.39, 0.29) is 23.4 Å². The number of ether oxygens (including phenoxy) is 1. The minimum atomic E-state index is -0.647. The van der Waals surface area contributed by atoms with Gasteiger partial charge in [-0.05, 0) is 39.0 Å². The molecule has 0 amide bonds. The molecule has 1 fully saturated rings. The second-order valence-corrected chi connectivity index (χ2v) is 9.10. The summed E-state index contributed by atoms with van der Waals surface area (Å²) in [5.74, 6) is 0.543. The van der Waals surface area contributed by atoms with E-state index in [9.17, 15) is 8.78 Å². The normalized spacial score (nSPS) is 14.2. The molecule has 38 heavy (non-hydrogen) atoms. The van der Waals surface area contributed by atoms with Crippen molar-refractivity contribution < 1.29 is 13.5 Å². The van der Waals surface area contributed by atoms with Crippen LogP contribution in [-0.2, 0) is 6.54 Å². The Labute approximate surface area is 217 Å². The minimum Gasteiger partial charge on any atom is -0.468 e. The summed E-state index contributed by atoms with van der Waals surface area (Å²) in [5.41, 5.74) is 1.84. The minimum absolute atomic E-state index is 0.106. The molecule has 4 aromatic rings. The van der Waals surface area contributed by atoms with Crippen LogP contribution in [0.2, 0.25) is 0 Å². The fraction of sp³-hybridized carbons (Fsp3) is 0.308. The molecule has 1 aromatic carbocycles. The Bertz CT molecular complexity index is 1470. The van der Waals surface area contributed by atoms with Gasteiger partial charge in [0.25, 0.3) is 0 Å². The fourth-order valence-corrected chi connectivity index (χ4v) is 4.05. The maximum atomic E-state index is 14.9. The van der Waals surface area contributed by atoms with E-state index in [4.69, 9.17) is 4.74 Å². The topological polar surface area (TPSA) is 120 Å². The molecule has 3 aromatic heterocycles. The molecule has 0 radical (unpaired) electrons. The lowest BCUT2D eigenvalue weighted by atomic mass is 10.2. The predicted octanol–water partition coefficient (Wildman–Crippen LogP) is 4.62. The second kappa shape index (κ2) is 11.3. The number of aliphatic imine (C=N–C) groups is 2. The number of imidazole rings is 1. The molecule has 5 rings (SSSR count). The van der Waals surface area contributed by atoms with E-state index in [1.165, 1.54) is 6.07 Å². The number of H-pyrrole nitrogens is 2. The Morgan fingerprint density at radius 2 is 2.18 bits per heavy atom. The highest BCUT2D eigenvalue weighted by Crippen LogP contribution is 2.39. The third kappa shape index (κ3) is 6.07. The third-order valence-corrected chi connectivity index (χ3v) is 6.13. The number of halogens is 2. The molecule has 0 saturated heterocycles. The van der Waals surface area contributed by atoms with Crippen LogP contribution in [0.3, 0.4) is 0 Å². The number of aromatic nitrogens is 5. The Hall–Kier alpha value is -4.48. The molecule has 12 heteroatoms. The average molecular weight is 522 g/mol. The van der Waals surface area contributed by atoms with Crippen LogP contribution in [0.25, 0.3) is 10.9 Å².